The van der Waals surface area contributed by atoms with E-state index in [-0.39, 0.29) is 35.1 Å². The van der Waals surface area contributed by atoms with Crippen molar-refractivity contribution in [2.75, 3.05) is 11.9 Å². The highest BCUT2D eigenvalue weighted by atomic mass is 16.5. The number of aromatic hydroxyl groups is 1. The second-order valence-corrected chi connectivity index (χ2v) is 6.17. The molecular weight excluding hydrogens is 352 g/mol. The van der Waals surface area contributed by atoms with Gasteiger partial charge in [-0.3, -0.25) is 13.9 Å². The van der Waals surface area contributed by atoms with Crippen LogP contribution < -0.4 is 22.3 Å². The van der Waals surface area contributed by atoms with Crippen molar-refractivity contribution in [3.05, 3.63) is 67.6 Å². The van der Waals surface area contributed by atoms with Crippen molar-refractivity contribution in [3.63, 3.8) is 0 Å². The molecule has 9 heteroatoms. The molecule has 3 rings (SSSR count). The van der Waals surface area contributed by atoms with Gasteiger partial charge in [0.25, 0.3) is 5.56 Å². The van der Waals surface area contributed by atoms with Gasteiger partial charge in [-0.2, -0.15) is 0 Å². The van der Waals surface area contributed by atoms with Crippen LogP contribution in [0.25, 0.3) is 0 Å². The minimum atomic E-state index is -0.855. The van der Waals surface area contributed by atoms with Crippen LogP contribution in [0.15, 0.2) is 45.2 Å². The molecular formula is C18H20N4O5. The van der Waals surface area contributed by atoms with E-state index in [1.807, 2.05) is 0 Å². The Labute approximate surface area is 154 Å². The number of benzene rings is 1. The van der Waals surface area contributed by atoms with Gasteiger partial charge in [0, 0.05) is 14.1 Å². The number of aromatic nitrogens is 2. The molecule has 1 aliphatic rings. The van der Waals surface area contributed by atoms with Crippen molar-refractivity contribution in [1.29, 1.82) is 0 Å². The van der Waals surface area contributed by atoms with Crippen molar-refractivity contribution in [1.82, 2.24) is 9.13 Å². The van der Waals surface area contributed by atoms with Crippen molar-refractivity contribution in [2.45, 2.75) is 12.8 Å². The van der Waals surface area contributed by atoms with Crippen molar-refractivity contribution < 1.29 is 14.6 Å². The third-order valence-electron chi connectivity index (χ3n) is 4.54. The first-order chi connectivity index (χ1) is 12.8. The average molecular weight is 372 g/mol. The molecule has 1 aromatic carbocycles. The summed E-state index contributed by atoms with van der Waals surface area (Å²) in [5.41, 5.74) is 5.84. The average Bonchev–Trinajstić information content (AvgIpc) is 2.64. The van der Waals surface area contributed by atoms with Gasteiger partial charge < -0.3 is 20.9 Å². The molecule has 0 saturated heterocycles. The predicted octanol–water partition coefficient (Wildman–Crippen LogP) is 0.0804. The first kappa shape index (κ1) is 18.3. The lowest BCUT2D eigenvalue weighted by Crippen LogP contribution is -2.44. The molecule has 142 valence electrons. The van der Waals surface area contributed by atoms with Gasteiger partial charge in [0.2, 0.25) is 0 Å². The number of rotatable bonds is 3. The van der Waals surface area contributed by atoms with E-state index in [1.165, 1.54) is 30.8 Å². The van der Waals surface area contributed by atoms with E-state index >= 15 is 0 Å². The van der Waals surface area contributed by atoms with Crippen LogP contribution in [0.4, 0.5) is 5.82 Å². The summed E-state index contributed by atoms with van der Waals surface area (Å²) in [7, 11) is 2.87. The number of carbonyl (C=O) groups excluding carboxylic acids is 1. The zero-order valence-corrected chi connectivity index (χ0v) is 15.1. The molecule has 1 aromatic heterocycles. The molecule has 0 radical (unpaired) electrons. The number of phenolic OH excluding ortho intramolecular Hbond substituents is 1. The fourth-order valence-electron chi connectivity index (χ4n) is 3.21. The van der Waals surface area contributed by atoms with Gasteiger partial charge in [-0.15, -0.1) is 0 Å². The fraction of sp³-hybridized carbons (Fsp3) is 0.278. The Kier molecular flexibility index (Phi) is 4.52. The van der Waals surface area contributed by atoms with Gasteiger partial charge in [0.15, 0.2) is 0 Å². The van der Waals surface area contributed by atoms with Crippen LogP contribution in [-0.2, 0) is 23.6 Å². The number of phenols is 1. The van der Waals surface area contributed by atoms with E-state index < -0.39 is 23.1 Å². The Bertz CT molecular complexity index is 1060. The Morgan fingerprint density at radius 3 is 2.44 bits per heavy atom. The summed E-state index contributed by atoms with van der Waals surface area (Å²) in [6, 6.07) is 6.07. The summed E-state index contributed by atoms with van der Waals surface area (Å²) in [5.74, 6) is -1.27. The Morgan fingerprint density at radius 1 is 1.22 bits per heavy atom. The smallest absolute Gasteiger partial charge is 0.338 e. The number of nitrogens with two attached hydrogens (primary N) is 1. The van der Waals surface area contributed by atoms with Gasteiger partial charge in [-0.05, 0) is 24.6 Å². The summed E-state index contributed by atoms with van der Waals surface area (Å²) in [5, 5.41) is 12.4. The number of nitrogens with zero attached hydrogens (tertiary/aromatic N) is 2. The SMILES string of the molecule is CCOC(=O)C1=C(N)Nc2c(c(=O)n(C)c(=O)n2C)C1c1ccc(O)cc1. The molecule has 27 heavy (non-hydrogen) atoms. The van der Waals surface area contributed by atoms with Crippen LogP contribution >= 0.6 is 0 Å². The van der Waals surface area contributed by atoms with E-state index in [0.29, 0.717) is 5.56 Å². The van der Waals surface area contributed by atoms with E-state index in [1.54, 1.807) is 19.1 Å². The second kappa shape index (κ2) is 6.67. The summed E-state index contributed by atoms with van der Waals surface area (Å²) < 4.78 is 7.36. The number of carbonyl (C=O) groups is 1. The Morgan fingerprint density at radius 2 is 1.85 bits per heavy atom. The number of hydrogen-bond donors (Lipinski definition) is 3. The topological polar surface area (TPSA) is 129 Å². The fourth-order valence-corrected chi connectivity index (χ4v) is 3.21. The highest BCUT2D eigenvalue weighted by Gasteiger charge is 2.37. The number of fused-ring (bicyclic) bond motifs is 1. The molecule has 0 amide bonds. The number of hydrogen-bond acceptors (Lipinski definition) is 7. The Hall–Kier alpha value is -3.49. The number of nitrogens with one attached hydrogen (secondary N) is 1. The van der Waals surface area contributed by atoms with E-state index in [9.17, 15) is 19.5 Å². The number of esters is 1. The monoisotopic (exact) mass is 372 g/mol. The van der Waals surface area contributed by atoms with Gasteiger partial charge in [0.1, 0.15) is 17.4 Å². The van der Waals surface area contributed by atoms with Gasteiger partial charge in [0.05, 0.1) is 23.7 Å². The summed E-state index contributed by atoms with van der Waals surface area (Å²) in [6.45, 7) is 1.80. The van der Waals surface area contributed by atoms with Gasteiger partial charge in [-0.25, -0.2) is 9.59 Å². The third kappa shape index (κ3) is 2.86. The number of anilines is 1. The zero-order chi connectivity index (χ0) is 19.9. The van der Waals surface area contributed by atoms with Crippen LogP contribution in [0.3, 0.4) is 0 Å². The van der Waals surface area contributed by atoms with Gasteiger partial charge in [-0.1, -0.05) is 12.1 Å². The third-order valence-corrected chi connectivity index (χ3v) is 4.54. The van der Waals surface area contributed by atoms with Crippen molar-refractivity contribution in [3.8, 4) is 5.75 Å². The van der Waals surface area contributed by atoms with E-state index in [2.05, 4.69) is 5.32 Å². The quantitative estimate of drug-likeness (QED) is 0.651. The van der Waals surface area contributed by atoms with Crippen LogP contribution in [0, 0.1) is 0 Å². The molecule has 1 atom stereocenters. The lowest BCUT2D eigenvalue weighted by atomic mass is 9.83. The van der Waals surface area contributed by atoms with Crippen LogP contribution in [-0.4, -0.2) is 26.8 Å². The lowest BCUT2D eigenvalue weighted by molar-refractivity contribution is -0.138. The predicted molar refractivity (Wildman–Crippen MR) is 98.3 cm³/mol. The Balaban J connectivity index is 2.37. The number of ether oxygens (including phenoxy) is 1. The molecule has 4 N–H and O–H groups in total. The van der Waals surface area contributed by atoms with Gasteiger partial charge >= 0.3 is 11.7 Å². The highest BCUT2D eigenvalue weighted by molar-refractivity contribution is 5.94. The minimum absolute atomic E-state index is 0.00211. The largest absolute Gasteiger partial charge is 0.508 e. The molecule has 2 aromatic rings. The molecule has 0 spiro atoms. The molecule has 1 aliphatic heterocycles. The maximum absolute atomic E-state index is 12.9. The highest BCUT2D eigenvalue weighted by Crippen LogP contribution is 2.39. The standard InChI is InChI=1S/C18H20N4O5/c1-4-27-17(25)12-11(9-5-7-10(23)8-6-9)13-15(20-14(12)19)21(2)18(26)22(3)16(13)24/h5-8,11,20,23H,4,19H2,1-3H3. The summed E-state index contributed by atoms with van der Waals surface area (Å²) in [4.78, 5) is 37.8. The van der Waals surface area contributed by atoms with Crippen LogP contribution in [0.1, 0.15) is 24.0 Å². The molecule has 2 heterocycles. The summed E-state index contributed by atoms with van der Waals surface area (Å²) >= 11 is 0. The molecule has 0 saturated carbocycles. The van der Waals surface area contributed by atoms with E-state index in [0.717, 1.165) is 4.57 Å². The molecule has 0 bridgehead atoms. The molecule has 1 unspecified atom stereocenters. The molecule has 0 fully saturated rings. The minimum Gasteiger partial charge on any atom is -0.508 e. The molecule has 9 nitrogen and oxygen atoms in total. The van der Waals surface area contributed by atoms with Crippen molar-refractivity contribution >= 4 is 11.8 Å². The maximum Gasteiger partial charge on any atom is 0.338 e. The van der Waals surface area contributed by atoms with E-state index in [4.69, 9.17) is 10.5 Å². The summed E-state index contributed by atoms with van der Waals surface area (Å²) in [6.07, 6.45) is 0. The first-order valence-corrected chi connectivity index (χ1v) is 8.30. The maximum atomic E-state index is 12.9. The van der Waals surface area contributed by atoms with Crippen LogP contribution in [0.5, 0.6) is 5.75 Å². The van der Waals surface area contributed by atoms with Crippen molar-refractivity contribution in [2.24, 2.45) is 19.8 Å². The first-order valence-electron chi connectivity index (χ1n) is 8.30. The zero-order valence-electron chi connectivity index (χ0n) is 15.1. The lowest BCUT2D eigenvalue weighted by Gasteiger charge is -2.30. The van der Waals surface area contributed by atoms with Crippen LogP contribution in [0.2, 0.25) is 0 Å². The molecule has 0 aliphatic carbocycles. The normalized spacial score (nSPS) is 15.9. The second-order valence-electron chi connectivity index (χ2n) is 6.17.